The summed E-state index contributed by atoms with van der Waals surface area (Å²) in [4.78, 5) is 23.1. The lowest BCUT2D eigenvalue weighted by molar-refractivity contribution is -0.120. The first-order valence-corrected chi connectivity index (χ1v) is 9.29. The van der Waals surface area contributed by atoms with Crippen LogP contribution >= 0.6 is 38.9 Å². The van der Waals surface area contributed by atoms with Crippen LogP contribution in [0.2, 0.25) is 0 Å². The highest BCUT2D eigenvalue weighted by Gasteiger charge is 2.15. The maximum Gasteiger partial charge on any atom is 0.247 e. The summed E-state index contributed by atoms with van der Waals surface area (Å²) in [6.45, 7) is 0.175. The smallest absolute Gasteiger partial charge is 0.247 e. The molecule has 2 aromatic rings. The van der Waals surface area contributed by atoms with E-state index in [9.17, 15) is 9.59 Å². The van der Waals surface area contributed by atoms with E-state index in [1.807, 2.05) is 0 Å². The van der Waals surface area contributed by atoms with Crippen molar-refractivity contribution in [2.75, 3.05) is 18.0 Å². The van der Waals surface area contributed by atoms with E-state index >= 15 is 0 Å². The molecule has 9 nitrogen and oxygen atoms in total. The molecule has 1 aromatic heterocycles. The van der Waals surface area contributed by atoms with Gasteiger partial charge >= 0.3 is 0 Å². The summed E-state index contributed by atoms with van der Waals surface area (Å²) < 4.78 is 11.3. The third-order valence-corrected chi connectivity index (χ3v) is 4.80. The van der Waals surface area contributed by atoms with Gasteiger partial charge in [0.25, 0.3) is 0 Å². The molecule has 0 bridgehead atoms. The SMILES string of the molecule is O=C(Cc1nnc(NC(=O)CCl)s1)N/N=C\c1cc2c(cc1Br)OCO2. The van der Waals surface area contributed by atoms with Gasteiger partial charge in [-0.15, -0.1) is 21.8 Å². The number of carbonyl (C=O) groups is 2. The van der Waals surface area contributed by atoms with Crippen molar-refractivity contribution >= 4 is 62.0 Å². The van der Waals surface area contributed by atoms with Gasteiger partial charge in [-0.05, 0) is 28.1 Å². The van der Waals surface area contributed by atoms with Gasteiger partial charge in [0.15, 0.2) is 11.5 Å². The molecule has 0 aliphatic carbocycles. The highest BCUT2D eigenvalue weighted by atomic mass is 79.9. The average molecular weight is 461 g/mol. The van der Waals surface area contributed by atoms with Crippen LogP contribution in [-0.4, -0.2) is 40.9 Å². The Hall–Kier alpha value is -2.24. The summed E-state index contributed by atoms with van der Waals surface area (Å²) in [5, 5.41) is 14.7. The molecule has 2 N–H and O–H groups in total. The molecule has 0 atom stereocenters. The Balaban J connectivity index is 1.54. The van der Waals surface area contributed by atoms with Gasteiger partial charge < -0.3 is 9.47 Å². The van der Waals surface area contributed by atoms with Crippen LogP contribution < -0.4 is 20.2 Å². The van der Waals surface area contributed by atoms with Crippen molar-refractivity contribution in [3.05, 3.63) is 27.2 Å². The highest BCUT2D eigenvalue weighted by Crippen LogP contribution is 2.36. The molecule has 0 saturated carbocycles. The Labute approximate surface area is 164 Å². The summed E-state index contributed by atoms with van der Waals surface area (Å²) in [6, 6.07) is 3.52. The standard InChI is InChI=1S/C14H11BrClN5O4S/c15-8-2-10-9(24-6-25-10)1-7(8)5-17-19-11(22)3-13-20-21-14(26-13)18-12(23)4-16/h1-2,5H,3-4,6H2,(H,19,22)(H,18,21,23)/b17-5-. The molecule has 2 amide bonds. The first-order valence-electron chi connectivity index (χ1n) is 7.14. The normalized spacial score (nSPS) is 12.4. The summed E-state index contributed by atoms with van der Waals surface area (Å²) >= 11 is 9.88. The van der Waals surface area contributed by atoms with Gasteiger partial charge in [0.05, 0.1) is 12.6 Å². The predicted molar refractivity (Wildman–Crippen MR) is 99.0 cm³/mol. The van der Waals surface area contributed by atoms with Crippen molar-refractivity contribution in [1.82, 2.24) is 15.6 Å². The summed E-state index contributed by atoms with van der Waals surface area (Å²) in [5.41, 5.74) is 3.12. The molecule has 3 rings (SSSR count). The number of benzene rings is 1. The molecule has 0 saturated heterocycles. The second-order valence-corrected chi connectivity index (χ2v) is 7.06. The number of nitrogens with zero attached hydrogens (tertiary/aromatic N) is 3. The fraction of sp³-hybridized carbons (Fsp3) is 0.214. The quantitative estimate of drug-likeness (QED) is 0.386. The van der Waals surface area contributed by atoms with Crippen molar-refractivity contribution in [3.8, 4) is 11.5 Å². The van der Waals surface area contributed by atoms with E-state index in [-0.39, 0.29) is 30.1 Å². The predicted octanol–water partition coefficient (Wildman–Crippen LogP) is 1.90. The number of aromatic nitrogens is 2. The highest BCUT2D eigenvalue weighted by molar-refractivity contribution is 9.10. The number of rotatable bonds is 6. The van der Waals surface area contributed by atoms with Crippen LogP contribution in [0.15, 0.2) is 21.7 Å². The number of hydrogen-bond donors (Lipinski definition) is 2. The number of hydrazone groups is 1. The number of fused-ring (bicyclic) bond motifs is 1. The zero-order chi connectivity index (χ0) is 18.5. The number of nitrogens with one attached hydrogen (secondary N) is 2. The van der Waals surface area contributed by atoms with E-state index in [0.717, 1.165) is 21.4 Å². The molecular formula is C14H11BrClN5O4S. The molecule has 1 aromatic carbocycles. The van der Waals surface area contributed by atoms with Gasteiger partial charge in [-0.2, -0.15) is 5.10 Å². The Morgan fingerprint density at radius 2 is 2.08 bits per heavy atom. The lowest BCUT2D eigenvalue weighted by Gasteiger charge is -2.01. The van der Waals surface area contributed by atoms with Crippen molar-refractivity contribution < 1.29 is 19.1 Å². The monoisotopic (exact) mass is 459 g/mol. The maximum atomic E-state index is 11.9. The van der Waals surface area contributed by atoms with Crippen LogP contribution in [0, 0.1) is 0 Å². The van der Waals surface area contributed by atoms with Crippen LogP contribution in [0.4, 0.5) is 5.13 Å². The number of hydrogen-bond acceptors (Lipinski definition) is 8. The maximum absolute atomic E-state index is 11.9. The van der Waals surface area contributed by atoms with E-state index in [0.29, 0.717) is 16.5 Å². The minimum absolute atomic E-state index is 0.0198. The number of anilines is 1. The Morgan fingerprint density at radius 1 is 1.31 bits per heavy atom. The van der Waals surface area contributed by atoms with Gasteiger partial charge in [0.2, 0.25) is 23.7 Å². The van der Waals surface area contributed by atoms with E-state index in [2.05, 4.69) is 42.0 Å². The van der Waals surface area contributed by atoms with E-state index in [1.54, 1.807) is 12.1 Å². The van der Waals surface area contributed by atoms with Crippen molar-refractivity contribution in [1.29, 1.82) is 0 Å². The second kappa shape index (κ2) is 8.43. The molecule has 26 heavy (non-hydrogen) atoms. The number of amides is 2. The first kappa shape index (κ1) is 18.5. The average Bonchev–Trinajstić information content (AvgIpc) is 3.23. The van der Waals surface area contributed by atoms with Gasteiger partial charge in [0.1, 0.15) is 10.9 Å². The van der Waals surface area contributed by atoms with Gasteiger partial charge in [-0.3, -0.25) is 14.9 Å². The van der Waals surface area contributed by atoms with Crippen LogP contribution in [-0.2, 0) is 16.0 Å². The van der Waals surface area contributed by atoms with Crippen molar-refractivity contribution in [2.24, 2.45) is 5.10 Å². The third kappa shape index (κ3) is 4.68. The summed E-state index contributed by atoms with van der Waals surface area (Å²) in [7, 11) is 0. The number of halogens is 2. The van der Waals surface area contributed by atoms with Gasteiger partial charge in [0, 0.05) is 10.0 Å². The number of ether oxygens (including phenoxy) is 2. The summed E-state index contributed by atoms with van der Waals surface area (Å²) in [6.07, 6.45) is 1.46. The topological polar surface area (TPSA) is 115 Å². The molecule has 2 heterocycles. The molecule has 0 spiro atoms. The van der Waals surface area contributed by atoms with Crippen LogP contribution in [0.3, 0.4) is 0 Å². The van der Waals surface area contributed by atoms with Crippen molar-refractivity contribution in [3.63, 3.8) is 0 Å². The van der Waals surface area contributed by atoms with E-state index < -0.39 is 5.91 Å². The molecule has 12 heteroatoms. The molecule has 0 fully saturated rings. The van der Waals surface area contributed by atoms with Crippen LogP contribution in [0.1, 0.15) is 10.6 Å². The largest absolute Gasteiger partial charge is 0.454 e. The first-order chi connectivity index (χ1) is 12.5. The lowest BCUT2D eigenvalue weighted by atomic mass is 10.2. The number of carbonyl (C=O) groups excluding carboxylic acids is 2. The Bertz CT molecular complexity index is 875. The molecule has 0 radical (unpaired) electrons. The molecule has 1 aliphatic rings. The molecule has 136 valence electrons. The zero-order valence-electron chi connectivity index (χ0n) is 13.0. The Morgan fingerprint density at radius 3 is 2.85 bits per heavy atom. The minimum atomic E-state index is -0.391. The van der Waals surface area contributed by atoms with Crippen LogP contribution in [0.25, 0.3) is 0 Å². The lowest BCUT2D eigenvalue weighted by Crippen LogP contribution is -2.19. The fourth-order valence-electron chi connectivity index (χ4n) is 1.91. The fourth-order valence-corrected chi connectivity index (χ4v) is 3.16. The van der Waals surface area contributed by atoms with E-state index in [1.165, 1.54) is 6.21 Å². The van der Waals surface area contributed by atoms with Gasteiger partial charge in [-0.1, -0.05) is 11.3 Å². The third-order valence-electron chi connectivity index (χ3n) is 3.03. The van der Waals surface area contributed by atoms with E-state index in [4.69, 9.17) is 21.1 Å². The minimum Gasteiger partial charge on any atom is -0.454 e. The molecule has 0 unspecified atom stereocenters. The Kier molecular flexibility index (Phi) is 6.01. The zero-order valence-corrected chi connectivity index (χ0v) is 16.2. The van der Waals surface area contributed by atoms with Crippen LogP contribution in [0.5, 0.6) is 11.5 Å². The second-order valence-electron chi connectivity index (χ2n) is 4.88. The van der Waals surface area contributed by atoms with Gasteiger partial charge in [-0.25, -0.2) is 5.43 Å². The summed E-state index contributed by atoms with van der Waals surface area (Å²) in [5.74, 6) is 0.314. The van der Waals surface area contributed by atoms with Crippen molar-refractivity contribution in [2.45, 2.75) is 6.42 Å². The number of alkyl halides is 1. The molecule has 1 aliphatic heterocycles. The molecular weight excluding hydrogens is 450 g/mol.